The predicted molar refractivity (Wildman–Crippen MR) is 52.3 cm³/mol. The Balaban J connectivity index is -0.000000405. The molecule has 0 heterocycles. The van der Waals surface area contributed by atoms with E-state index in [1.165, 1.54) is 0 Å². The fourth-order valence-corrected chi connectivity index (χ4v) is 0.483. The molecule has 0 fully saturated rings. The Hall–Kier alpha value is -0.480. The molecule has 74 valence electrons. The Kier molecular flexibility index (Phi) is 15.4. The van der Waals surface area contributed by atoms with Crippen LogP contribution in [-0.4, -0.2) is 18.4 Å². The summed E-state index contributed by atoms with van der Waals surface area (Å²) in [5.74, 6) is -0.272. The number of ether oxygens (including phenoxy) is 1. The van der Waals surface area contributed by atoms with Gasteiger partial charge in [-0.1, -0.05) is 0 Å². The number of nitrogens with two attached hydrogens (primary N) is 1. The van der Waals surface area contributed by atoms with Crippen LogP contribution in [-0.2, 0) is 9.53 Å². The highest BCUT2D eigenvalue weighted by atomic mass is 35.5. The van der Waals surface area contributed by atoms with Gasteiger partial charge in [-0.3, -0.25) is 10.2 Å². The second kappa shape index (κ2) is 10.5. The van der Waals surface area contributed by atoms with Crippen molar-refractivity contribution in [2.24, 2.45) is 5.73 Å². The minimum Gasteiger partial charge on any atom is -0.481 e. The third-order valence-corrected chi connectivity index (χ3v) is 0.917. The van der Waals surface area contributed by atoms with Crippen molar-refractivity contribution < 1.29 is 9.53 Å². The molecule has 0 aliphatic rings. The average molecular weight is 217 g/mol. The van der Waals surface area contributed by atoms with Crippen molar-refractivity contribution in [2.75, 3.05) is 6.61 Å². The molecule has 0 atom stereocenters. The lowest BCUT2D eigenvalue weighted by molar-refractivity contribution is -0.117. The molecule has 3 N–H and O–H groups in total. The minimum atomic E-state index is -0.399. The molecule has 1 amide bonds. The number of halogens is 2. The molecule has 4 nitrogen and oxygen atoms in total. The smallest absolute Gasteiger partial charge is 0.217 e. The SMILES string of the molecule is CCOC(=N)CCC(N)=O.Cl.Cl. The highest BCUT2D eigenvalue weighted by Crippen LogP contribution is 1.91. The van der Waals surface area contributed by atoms with Crippen LogP contribution in [0.4, 0.5) is 0 Å². The van der Waals surface area contributed by atoms with E-state index in [9.17, 15) is 4.79 Å². The Morgan fingerprint density at radius 2 is 1.92 bits per heavy atom. The zero-order valence-corrected chi connectivity index (χ0v) is 8.46. The zero-order valence-electron chi connectivity index (χ0n) is 6.83. The van der Waals surface area contributed by atoms with E-state index < -0.39 is 5.91 Å². The van der Waals surface area contributed by atoms with Crippen molar-refractivity contribution >= 4 is 36.6 Å². The number of amides is 1. The first kappa shape index (κ1) is 17.6. The van der Waals surface area contributed by atoms with Gasteiger partial charge in [0.2, 0.25) is 5.91 Å². The summed E-state index contributed by atoms with van der Waals surface area (Å²) in [6, 6.07) is 0. The number of nitrogens with one attached hydrogen (secondary N) is 1. The lowest BCUT2D eigenvalue weighted by atomic mass is 10.3. The molecule has 0 spiro atoms. The van der Waals surface area contributed by atoms with Crippen molar-refractivity contribution in [3.8, 4) is 0 Å². The van der Waals surface area contributed by atoms with Gasteiger partial charge in [-0.15, -0.1) is 24.8 Å². The van der Waals surface area contributed by atoms with Crippen molar-refractivity contribution in [3.63, 3.8) is 0 Å². The fraction of sp³-hybridized carbons (Fsp3) is 0.667. The molecular weight excluding hydrogens is 203 g/mol. The number of hydrogen-bond donors (Lipinski definition) is 2. The van der Waals surface area contributed by atoms with Gasteiger partial charge in [-0.2, -0.15) is 0 Å². The summed E-state index contributed by atoms with van der Waals surface area (Å²) >= 11 is 0. The van der Waals surface area contributed by atoms with Crippen molar-refractivity contribution in [1.82, 2.24) is 0 Å². The number of carbonyl (C=O) groups is 1. The third-order valence-electron chi connectivity index (χ3n) is 0.917. The van der Waals surface area contributed by atoms with E-state index in [4.69, 9.17) is 15.9 Å². The van der Waals surface area contributed by atoms with Crippen LogP contribution >= 0.6 is 24.8 Å². The normalized spacial score (nSPS) is 7.42. The van der Waals surface area contributed by atoms with Crippen LogP contribution in [0.3, 0.4) is 0 Å². The summed E-state index contributed by atoms with van der Waals surface area (Å²) in [7, 11) is 0. The van der Waals surface area contributed by atoms with Crippen molar-refractivity contribution in [3.05, 3.63) is 0 Å². The summed E-state index contributed by atoms with van der Waals surface area (Å²) in [4.78, 5) is 10.2. The van der Waals surface area contributed by atoms with Crippen molar-refractivity contribution in [1.29, 1.82) is 5.41 Å². The number of primary amides is 1. The molecule has 0 bridgehead atoms. The first-order chi connectivity index (χ1) is 4.66. The highest BCUT2D eigenvalue weighted by molar-refractivity contribution is 5.85. The molecule has 0 unspecified atom stereocenters. The van der Waals surface area contributed by atoms with E-state index in [2.05, 4.69) is 0 Å². The molecule has 0 aromatic rings. The highest BCUT2D eigenvalue weighted by Gasteiger charge is 1.99. The fourth-order valence-electron chi connectivity index (χ4n) is 0.483. The maximum Gasteiger partial charge on any atom is 0.217 e. The molecular formula is C6H14Cl2N2O2. The molecule has 6 heteroatoms. The molecule has 0 saturated carbocycles. The van der Waals surface area contributed by atoms with Gasteiger partial charge < -0.3 is 10.5 Å². The maximum atomic E-state index is 10.2. The molecule has 0 radical (unpaired) electrons. The van der Waals surface area contributed by atoms with Crippen molar-refractivity contribution in [2.45, 2.75) is 19.8 Å². The lowest BCUT2D eigenvalue weighted by Crippen LogP contribution is -2.13. The van der Waals surface area contributed by atoms with Crippen LogP contribution in [0.1, 0.15) is 19.8 Å². The molecule has 0 aromatic heterocycles. The monoisotopic (exact) mass is 216 g/mol. The Bertz CT molecular complexity index is 142. The van der Waals surface area contributed by atoms with Gasteiger partial charge in [0.25, 0.3) is 0 Å². The molecule has 12 heavy (non-hydrogen) atoms. The van der Waals surface area contributed by atoms with E-state index >= 15 is 0 Å². The summed E-state index contributed by atoms with van der Waals surface area (Å²) in [6.07, 6.45) is 0.502. The second-order valence-corrected chi connectivity index (χ2v) is 1.82. The van der Waals surface area contributed by atoms with E-state index in [0.717, 1.165) is 0 Å². The minimum absolute atomic E-state index is 0. The lowest BCUT2D eigenvalue weighted by Gasteiger charge is -2.01. The summed E-state index contributed by atoms with van der Waals surface area (Å²) < 4.78 is 4.77. The molecule has 0 aliphatic heterocycles. The number of carbonyl (C=O) groups excluding carboxylic acids is 1. The molecule has 0 aromatic carbocycles. The number of rotatable bonds is 4. The zero-order chi connectivity index (χ0) is 7.98. The quantitative estimate of drug-likeness (QED) is 0.546. The summed E-state index contributed by atoms with van der Waals surface area (Å²) in [5, 5.41) is 7.05. The molecule has 0 rings (SSSR count). The first-order valence-corrected chi connectivity index (χ1v) is 3.15. The van der Waals surface area contributed by atoms with E-state index in [-0.39, 0.29) is 37.1 Å². The van der Waals surface area contributed by atoms with Crippen LogP contribution in [0.2, 0.25) is 0 Å². The van der Waals surface area contributed by atoms with Gasteiger partial charge in [0.1, 0.15) is 0 Å². The van der Waals surface area contributed by atoms with E-state index in [0.29, 0.717) is 13.0 Å². The molecule has 0 aliphatic carbocycles. The predicted octanol–water partition coefficient (Wildman–Crippen LogP) is 1.11. The Morgan fingerprint density at radius 1 is 1.42 bits per heavy atom. The van der Waals surface area contributed by atoms with E-state index in [1.54, 1.807) is 6.92 Å². The van der Waals surface area contributed by atoms with Gasteiger partial charge in [0.05, 0.1) is 6.61 Å². The van der Waals surface area contributed by atoms with Gasteiger partial charge in [-0.05, 0) is 6.92 Å². The summed E-state index contributed by atoms with van der Waals surface area (Å²) in [6.45, 7) is 2.26. The second-order valence-electron chi connectivity index (χ2n) is 1.82. The third kappa shape index (κ3) is 12.2. The van der Waals surface area contributed by atoms with Crippen LogP contribution < -0.4 is 5.73 Å². The molecule has 0 saturated heterocycles. The first-order valence-electron chi connectivity index (χ1n) is 3.15. The standard InChI is InChI=1S/C6H12N2O2.2ClH/c1-2-10-6(8)4-3-5(7)9;;/h8H,2-4H2,1H3,(H2,7,9);2*1H. The Morgan fingerprint density at radius 3 is 2.25 bits per heavy atom. The number of hydrogen-bond acceptors (Lipinski definition) is 3. The summed E-state index contributed by atoms with van der Waals surface area (Å²) in [5.41, 5.74) is 4.85. The average Bonchev–Trinajstić information content (AvgIpc) is 1.85. The largest absolute Gasteiger partial charge is 0.481 e. The van der Waals surface area contributed by atoms with Crippen LogP contribution in [0, 0.1) is 5.41 Å². The van der Waals surface area contributed by atoms with E-state index in [1.807, 2.05) is 0 Å². The maximum absolute atomic E-state index is 10.2. The van der Waals surface area contributed by atoms with Gasteiger partial charge in [-0.25, -0.2) is 0 Å². The van der Waals surface area contributed by atoms with Gasteiger partial charge in [0.15, 0.2) is 5.90 Å². The topological polar surface area (TPSA) is 76.2 Å². The van der Waals surface area contributed by atoms with Crippen LogP contribution in [0.25, 0.3) is 0 Å². The van der Waals surface area contributed by atoms with Gasteiger partial charge in [0, 0.05) is 12.8 Å². The van der Waals surface area contributed by atoms with Crippen LogP contribution in [0.5, 0.6) is 0 Å². The van der Waals surface area contributed by atoms with Gasteiger partial charge >= 0.3 is 0 Å². The van der Waals surface area contributed by atoms with Crippen LogP contribution in [0.15, 0.2) is 0 Å². The Labute approximate surface area is 84.2 Å².